The van der Waals surface area contributed by atoms with Crippen LogP contribution in [-0.2, 0) is 0 Å². The number of aryl methyl sites for hydroxylation is 1. The lowest BCUT2D eigenvalue weighted by molar-refractivity contribution is 0.297. The van der Waals surface area contributed by atoms with E-state index in [1.807, 2.05) is 32.0 Å². The van der Waals surface area contributed by atoms with Gasteiger partial charge in [0.15, 0.2) is 11.5 Å². The van der Waals surface area contributed by atoms with Crippen molar-refractivity contribution in [3.63, 3.8) is 0 Å². The Labute approximate surface area is 123 Å². The summed E-state index contributed by atoms with van der Waals surface area (Å²) in [5.74, 6) is 3.34. The summed E-state index contributed by atoms with van der Waals surface area (Å²) < 4.78 is 11.3. The highest BCUT2D eigenvalue weighted by Crippen LogP contribution is 2.33. The van der Waals surface area contributed by atoms with Crippen molar-refractivity contribution < 1.29 is 9.47 Å². The molecule has 0 fully saturated rings. The summed E-state index contributed by atoms with van der Waals surface area (Å²) in [6.45, 7) is 5.05. The minimum absolute atomic E-state index is 0.486. The molecule has 0 spiro atoms. The minimum atomic E-state index is 0.486. The molecule has 0 bridgehead atoms. The molecule has 1 aromatic heterocycles. The van der Waals surface area contributed by atoms with E-state index in [4.69, 9.17) is 15.2 Å². The van der Waals surface area contributed by atoms with Gasteiger partial charge in [-0.25, -0.2) is 9.97 Å². The first-order valence-electron chi connectivity index (χ1n) is 6.91. The zero-order chi connectivity index (χ0) is 14.8. The number of anilines is 3. The molecule has 0 saturated carbocycles. The Morgan fingerprint density at radius 3 is 2.67 bits per heavy atom. The molecule has 0 amide bonds. The maximum Gasteiger partial charge on any atom is 0.163 e. The number of benzene rings is 1. The zero-order valence-electron chi connectivity index (χ0n) is 12.1. The monoisotopic (exact) mass is 286 g/mol. The molecule has 1 aromatic carbocycles. The largest absolute Gasteiger partial charge is 0.490 e. The van der Waals surface area contributed by atoms with Gasteiger partial charge < -0.3 is 20.5 Å². The number of hydrogen-bond donors (Lipinski definition) is 2. The van der Waals surface area contributed by atoms with Crippen LogP contribution >= 0.6 is 0 Å². The number of rotatable bonds is 2. The van der Waals surface area contributed by atoms with Gasteiger partial charge in [-0.1, -0.05) is 0 Å². The topological polar surface area (TPSA) is 82.3 Å². The molecule has 3 N–H and O–H groups in total. The third-order valence-corrected chi connectivity index (χ3v) is 3.31. The van der Waals surface area contributed by atoms with E-state index in [1.165, 1.54) is 0 Å². The average Bonchev–Trinajstić information content (AvgIpc) is 2.69. The quantitative estimate of drug-likeness (QED) is 0.883. The fourth-order valence-corrected chi connectivity index (χ4v) is 2.15. The van der Waals surface area contributed by atoms with E-state index in [-0.39, 0.29) is 0 Å². The molecule has 0 atom stereocenters. The van der Waals surface area contributed by atoms with E-state index in [0.717, 1.165) is 29.2 Å². The van der Waals surface area contributed by atoms with Crippen LogP contribution < -0.4 is 20.5 Å². The van der Waals surface area contributed by atoms with E-state index in [2.05, 4.69) is 15.3 Å². The maximum atomic E-state index is 5.87. The lowest BCUT2D eigenvalue weighted by atomic mass is 10.2. The van der Waals surface area contributed by atoms with Gasteiger partial charge in [-0.3, -0.25) is 0 Å². The van der Waals surface area contributed by atoms with Crippen molar-refractivity contribution in [1.29, 1.82) is 0 Å². The van der Waals surface area contributed by atoms with Crippen LogP contribution in [0.1, 0.15) is 17.8 Å². The molecule has 21 heavy (non-hydrogen) atoms. The highest BCUT2D eigenvalue weighted by atomic mass is 16.5. The van der Waals surface area contributed by atoms with Crippen LogP contribution in [0, 0.1) is 13.8 Å². The van der Waals surface area contributed by atoms with Gasteiger partial charge in [0.2, 0.25) is 0 Å². The number of nitrogens with zero attached hydrogens (tertiary/aromatic N) is 2. The van der Waals surface area contributed by atoms with Crippen molar-refractivity contribution in [2.75, 3.05) is 24.3 Å². The molecular weight excluding hydrogens is 268 g/mol. The van der Waals surface area contributed by atoms with Crippen molar-refractivity contribution in [3.8, 4) is 11.5 Å². The molecular formula is C15H18N4O2. The van der Waals surface area contributed by atoms with Crippen molar-refractivity contribution in [2.24, 2.45) is 0 Å². The molecule has 6 heteroatoms. The van der Waals surface area contributed by atoms with Crippen LogP contribution in [0.25, 0.3) is 0 Å². The van der Waals surface area contributed by atoms with Crippen LogP contribution in [0.5, 0.6) is 11.5 Å². The van der Waals surface area contributed by atoms with Gasteiger partial charge >= 0.3 is 0 Å². The summed E-state index contributed by atoms with van der Waals surface area (Å²) in [7, 11) is 0. The summed E-state index contributed by atoms with van der Waals surface area (Å²) in [6, 6.07) is 5.74. The van der Waals surface area contributed by atoms with Crippen LogP contribution in [-0.4, -0.2) is 23.2 Å². The highest BCUT2D eigenvalue weighted by molar-refractivity contribution is 5.66. The number of nitrogen functional groups attached to an aromatic ring is 1. The zero-order valence-corrected chi connectivity index (χ0v) is 12.1. The Hall–Kier alpha value is -2.50. The minimum Gasteiger partial charge on any atom is -0.490 e. The molecule has 2 aromatic rings. The summed E-state index contributed by atoms with van der Waals surface area (Å²) >= 11 is 0. The molecule has 2 heterocycles. The first-order chi connectivity index (χ1) is 10.1. The average molecular weight is 286 g/mol. The summed E-state index contributed by atoms with van der Waals surface area (Å²) in [5.41, 5.74) is 7.57. The van der Waals surface area contributed by atoms with Gasteiger partial charge in [-0.05, 0) is 26.0 Å². The predicted molar refractivity (Wildman–Crippen MR) is 81.3 cm³/mol. The normalized spacial score (nSPS) is 13.6. The van der Waals surface area contributed by atoms with E-state index >= 15 is 0 Å². The number of ether oxygens (including phenoxy) is 2. The van der Waals surface area contributed by atoms with Gasteiger partial charge in [0.25, 0.3) is 0 Å². The number of nitrogens with two attached hydrogens (primary N) is 1. The molecule has 6 nitrogen and oxygen atoms in total. The maximum absolute atomic E-state index is 5.87. The third-order valence-electron chi connectivity index (χ3n) is 3.31. The standard InChI is InChI=1S/C15H18N4O2/c1-9-14(16)17-10(2)18-15(9)19-11-4-5-12-13(8-11)21-7-3-6-20-12/h4-5,8H,3,6-7H2,1-2H3,(H3,16,17,18,19). The third kappa shape index (κ3) is 2.84. The van der Waals surface area contributed by atoms with Crippen LogP contribution in [0.3, 0.4) is 0 Å². The lowest BCUT2D eigenvalue weighted by Gasteiger charge is -2.13. The number of hydrogen-bond acceptors (Lipinski definition) is 6. The van der Waals surface area contributed by atoms with Crippen molar-refractivity contribution in [2.45, 2.75) is 20.3 Å². The number of aromatic nitrogens is 2. The van der Waals surface area contributed by atoms with Gasteiger partial charge in [0.1, 0.15) is 17.5 Å². The van der Waals surface area contributed by atoms with E-state index in [9.17, 15) is 0 Å². The highest BCUT2D eigenvalue weighted by Gasteiger charge is 2.12. The predicted octanol–water partition coefficient (Wildman–Crippen LogP) is 2.58. The Morgan fingerprint density at radius 2 is 1.86 bits per heavy atom. The fraction of sp³-hybridized carbons (Fsp3) is 0.333. The lowest BCUT2D eigenvalue weighted by Crippen LogP contribution is -2.05. The van der Waals surface area contributed by atoms with Crippen molar-refractivity contribution in [3.05, 3.63) is 29.6 Å². The molecule has 1 aliphatic heterocycles. The van der Waals surface area contributed by atoms with Crippen molar-refractivity contribution >= 4 is 17.3 Å². The Kier molecular flexibility index (Phi) is 3.51. The molecule has 110 valence electrons. The Morgan fingerprint density at radius 1 is 1.10 bits per heavy atom. The Balaban J connectivity index is 1.90. The smallest absolute Gasteiger partial charge is 0.163 e. The molecule has 3 rings (SSSR count). The van der Waals surface area contributed by atoms with Gasteiger partial charge in [-0.15, -0.1) is 0 Å². The van der Waals surface area contributed by atoms with Crippen LogP contribution in [0.15, 0.2) is 18.2 Å². The van der Waals surface area contributed by atoms with E-state index < -0.39 is 0 Å². The first-order valence-corrected chi connectivity index (χ1v) is 6.91. The fourth-order valence-electron chi connectivity index (χ4n) is 2.15. The molecule has 0 saturated heterocycles. The molecule has 0 unspecified atom stereocenters. The van der Waals surface area contributed by atoms with Crippen molar-refractivity contribution in [1.82, 2.24) is 9.97 Å². The van der Waals surface area contributed by atoms with Gasteiger partial charge in [0, 0.05) is 23.7 Å². The molecule has 0 aliphatic carbocycles. The molecule has 1 aliphatic rings. The summed E-state index contributed by atoms with van der Waals surface area (Å²) in [4.78, 5) is 8.53. The summed E-state index contributed by atoms with van der Waals surface area (Å²) in [5, 5.41) is 3.26. The van der Waals surface area contributed by atoms with Crippen LogP contribution in [0.2, 0.25) is 0 Å². The SMILES string of the molecule is Cc1nc(N)c(C)c(Nc2ccc3c(c2)OCCCO3)n1. The van der Waals surface area contributed by atoms with E-state index in [1.54, 1.807) is 0 Å². The summed E-state index contributed by atoms with van der Waals surface area (Å²) in [6.07, 6.45) is 0.887. The number of fused-ring (bicyclic) bond motifs is 1. The van der Waals surface area contributed by atoms with Gasteiger partial charge in [0.05, 0.1) is 13.2 Å². The second kappa shape index (κ2) is 5.47. The molecule has 0 radical (unpaired) electrons. The van der Waals surface area contributed by atoms with E-state index in [0.29, 0.717) is 30.7 Å². The van der Waals surface area contributed by atoms with Crippen LogP contribution in [0.4, 0.5) is 17.3 Å². The second-order valence-corrected chi connectivity index (χ2v) is 4.97. The second-order valence-electron chi connectivity index (χ2n) is 4.97. The van der Waals surface area contributed by atoms with Gasteiger partial charge in [-0.2, -0.15) is 0 Å². The number of nitrogens with one attached hydrogen (secondary N) is 1. The Bertz CT molecular complexity index is 673. The first kappa shape index (κ1) is 13.5.